The minimum absolute atomic E-state index is 0.0691. The molecular formula is C18H27N3O3. The van der Waals surface area contributed by atoms with Gasteiger partial charge in [-0.2, -0.15) is 0 Å². The molecule has 2 rings (SSSR count). The van der Waals surface area contributed by atoms with Gasteiger partial charge in [0.15, 0.2) is 0 Å². The van der Waals surface area contributed by atoms with E-state index < -0.39 is 6.09 Å². The van der Waals surface area contributed by atoms with Gasteiger partial charge < -0.3 is 15.4 Å². The molecule has 1 aliphatic heterocycles. The topological polar surface area (TPSA) is 70.7 Å². The Bertz CT molecular complexity index is 574. The summed E-state index contributed by atoms with van der Waals surface area (Å²) in [5, 5.41) is 5.30. The number of nitrogens with zero attached hydrogens (tertiary/aromatic N) is 1. The highest BCUT2D eigenvalue weighted by molar-refractivity contribution is 5.82. The highest BCUT2D eigenvalue weighted by Crippen LogP contribution is 2.22. The van der Waals surface area contributed by atoms with Gasteiger partial charge in [0.25, 0.3) is 0 Å². The average Bonchev–Trinajstić information content (AvgIpc) is 2.59. The normalized spacial score (nSPS) is 15.5. The van der Waals surface area contributed by atoms with E-state index in [1.54, 1.807) is 0 Å². The summed E-state index contributed by atoms with van der Waals surface area (Å²) < 4.78 is 4.45. The third-order valence-electron chi connectivity index (χ3n) is 4.49. The van der Waals surface area contributed by atoms with Crippen LogP contribution in [0.5, 0.6) is 0 Å². The number of methoxy groups -OCH3 is 1. The highest BCUT2D eigenvalue weighted by Gasteiger charge is 2.26. The SMILES string of the molecule is COC(=O)NCC(=O)NC[C@@H](C(C)C)N1CCc2ccccc2C1. The summed E-state index contributed by atoms with van der Waals surface area (Å²) in [5.41, 5.74) is 2.79. The van der Waals surface area contributed by atoms with Crippen molar-refractivity contribution in [3.05, 3.63) is 35.4 Å². The second-order valence-electron chi connectivity index (χ2n) is 6.45. The number of ether oxygens (including phenoxy) is 1. The molecule has 6 nitrogen and oxygen atoms in total. The molecule has 1 heterocycles. The average molecular weight is 333 g/mol. The summed E-state index contributed by atoms with van der Waals surface area (Å²) in [6, 6.07) is 8.80. The molecule has 0 fully saturated rings. The van der Waals surface area contributed by atoms with Crippen LogP contribution in [-0.4, -0.2) is 49.7 Å². The van der Waals surface area contributed by atoms with E-state index in [1.165, 1.54) is 18.2 Å². The lowest BCUT2D eigenvalue weighted by atomic mass is 9.95. The summed E-state index contributed by atoms with van der Waals surface area (Å²) in [5.74, 6) is 0.215. The third-order valence-corrected chi connectivity index (χ3v) is 4.49. The van der Waals surface area contributed by atoms with E-state index in [2.05, 4.69) is 58.4 Å². The minimum Gasteiger partial charge on any atom is -0.453 e. The summed E-state index contributed by atoms with van der Waals surface area (Å²) in [4.78, 5) is 25.3. The predicted molar refractivity (Wildman–Crippen MR) is 92.6 cm³/mol. The van der Waals surface area contributed by atoms with Crippen LogP contribution in [0.3, 0.4) is 0 Å². The zero-order valence-electron chi connectivity index (χ0n) is 14.7. The van der Waals surface area contributed by atoms with Crippen molar-refractivity contribution in [2.45, 2.75) is 32.9 Å². The molecule has 0 saturated heterocycles. The monoisotopic (exact) mass is 333 g/mol. The molecule has 2 amide bonds. The molecule has 0 unspecified atom stereocenters. The van der Waals surface area contributed by atoms with Crippen LogP contribution in [0.15, 0.2) is 24.3 Å². The number of hydrogen-bond donors (Lipinski definition) is 2. The van der Waals surface area contributed by atoms with Crippen LogP contribution in [0.1, 0.15) is 25.0 Å². The van der Waals surface area contributed by atoms with Gasteiger partial charge in [0.2, 0.25) is 5.91 Å². The Kier molecular flexibility index (Phi) is 6.61. The van der Waals surface area contributed by atoms with E-state index in [-0.39, 0.29) is 18.5 Å². The molecule has 1 aromatic carbocycles. The maximum Gasteiger partial charge on any atom is 0.407 e. The number of fused-ring (bicyclic) bond motifs is 1. The molecule has 24 heavy (non-hydrogen) atoms. The molecule has 1 aliphatic rings. The van der Waals surface area contributed by atoms with Crippen LogP contribution in [0, 0.1) is 5.92 Å². The van der Waals surface area contributed by atoms with Crippen molar-refractivity contribution in [1.29, 1.82) is 0 Å². The zero-order chi connectivity index (χ0) is 17.5. The van der Waals surface area contributed by atoms with Crippen molar-refractivity contribution in [2.75, 3.05) is 26.7 Å². The van der Waals surface area contributed by atoms with Crippen LogP contribution in [-0.2, 0) is 22.5 Å². The fourth-order valence-corrected chi connectivity index (χ4v) is 3.09. The number of hydrogen-bond acceptors (Lipinski definition) is 4. The van der Waals surface area contributed by atoms with Gasteiger partial charge >= 0.3 is 6.09 Å². The number of benzene rings is 1. The molecule has 0 aromatic heterocycles. The summed E-state index contributed by atoms with van der Waals surface area (Å²) in [6.45, 7) is 6.75. The standard InChI is InChI=1S/C18H27N3O3/c1-13(2)16(10-19-17(22)11-20-18(23)24-3)21-9-8-14-6-4-5-7-15(14)12-21/h4-7,13,16H,8-12H2,1-3H3,(H,19,22)(H,20,23)/t16-/m0/s1. The largest absolute Gasteiger partial charge is 0.453 e. The van der Waals surface area contributed by atoms with Crippen molar-refractivity contribution in [3.8, 4) is 0 Å². The summed E-state index contributed by atoms with van der Waals surface area (Å²) in [6.07, 6.45) is 0.440. The first-order valence-electron chi connectivity index (χ1n) is 8.40. The van der Waals surface area contributed by atoms with E-state index in [9.17, 15) is 9.59 Å². The van der Waals surface area contributed by atoms with Gasteiger partial charge in [0, 0.05) is 25.7 Å². The smallest absolute Gasteiger partial charge is 0.407 e. The van der Waals surface area contributed by atoms with Gasteiger partial charge in [-0.1, -0.05) is 38.1 Å². The molecule has 0 saturated carbocycles. The van der Waals surface area contributed by atoms with Gasteiger partial charge in [0.05, 0.1) is 13.7 Å². The Morgan fingerprint density at radius 3 is 2.58 bits per heavy atom. The van der Waals surface area contributed by atoms with Crippen molar-refractivity contribution < 1.29 is 14.3 Å². The highest BCUT2D eigenvalue weighted by atomic mass is 16.5. The molecule has 2 N–H and O–H groups in total. The molecule has 6 heteroatoms. The lowest BCUT2D eigenvalue weighted by molar-refractivity contribution is -0.120. The Labute approximate surface area is 143 Å². The van der Waals surface area contributed by atoms with Crippen molar-refractivity contribution >= 4 is 12.0 Å². The minimum atomic E-state index is -0.599. The molecule has 0 radical (unpaired) electrons. The number of rotatable bonds is 6. The molecule has 0 bridgehead atoms. The van der Waals surface area contributed by atoms with Crippen LogP contribution in [0.25, 0.3) is 0 Å². The van der Waals surface area contributed by atoms with Gasteiger partial charge in [-0.3, -0.25) is 9.69 Å². The maximum atomic E-state index is 11.9. The van der Waals surface area contributed by atoms with Gasteiger partial charge in [-0.15, -0.1) is 0 Å². The van der Waals surface area contributed by atoms with Crippen molar-refractivity contribution in [1.82, 2.24) is 15.5 Å². The lowest BCUT2D eigenvalue weighted by Gasteiger charge is -2.38. The zero-order valence-corrected chi connectivity index (χ0v) is 14.7. The summed E-state index contributed by atoms with van der Waals surface area (Å²) >= 11 is 0. The molecule has 0 spiro atoms. The fourth-order valence-electron chi connectivity index (χ4n) is 3.09. The maximum absolute atomic E-state index is 11.9. The number of carbonyl (C=O) groups is 2. The van der Waals surface area contributed by atoms with E-state index >= 15 is 0 Å². The molecule has 0 aliphatic carbocycles. The van der Waals surface area contributed by atoms with Gasteiger partial charge in [-0.05, 0) is 23.5 Å². The third kappa shape index (κ3) is 4.96. The van der Waals surface area contributed by atoms with Crippen LogP contribution in [0.2, 0.25) is 0 Å². The first-order valence-corrected chi connectivity index (χ1v) is 8.40. The lowest BCUT2D eigenvalue weighted by Crippen LogP contribution is -2.50. The van der Waals surface area contributed by atoms with Crippen LogP contribution in [0.4, 0.5) is 4.79 Å². The van der Waals surface area contributed by atoms with E-state index in [0.717, 1.165) is 19.5 Å². The van der Waals surface area contributed by atoms with Crippen molar-refractivity contribution in [2.24, 2.45) is 5.92 Å². The quantitative estimate of drug-likeness (QED) is 0.828. The van der Waals surface area contributed by atoms with Crippen LogP contribution < -0.4 is 10.6 Å². The predicted octanol–water partition coefficient (Wildman–Crippen LogP) is 1.54. The van der Waals surface area contributed by atoms with E-state index in [4.69, 9.17) is 0 Å². The number of amides is 2. The fraction of sp³-hybridized carbons (Fsp3) is 0.556. The number of nitrogens with one attached hydrogen (secondary N) is 2. The number of alkyl carbamates (subject to hydrolysis) is 1. The molecular weight excluding hydrogens is 306 g/mol. The molecule has 1 atom stereocenters. The van der Waals surface area contributed by atoms with Gasteiger partial charge in [-0.25, -0.2) is 4.79 Å². The summed E-state index contributed by atoms with van der Waals surface area (Å²) in [7, 11) is 1.27. The second-order valence-corrected chi connectivity index (χ2v) is 6.45. The molecule has 1 aromatic rings. The van der Waals surface area contributed by atoms with E-state index in [0.29, 0.717) is 12.5 Å². The Balaban J connectivity index is 1.89. The first-order chi connectivity index (χ1) is 11.5. The Morgan fingerprint density at radius 1 is 1.21 bits per heavy atom. The Morgan fingerprint density at radius 2 is 1.92 bits per heavy atom. The Hall–Kier alpha value is -2.08. The van der Waals surface area contributed by atoms with E-state index in [1.807, 2.05) is 0 Å². The number of carbonyl (C=O) groups excluding carboxylic acids is 2. The van der Waals surface area contributed by atoms with Crippen LogP contribution >= 0.6 is 0 Å². The van der Waals surface area contributed by atoms with Crippen molar-refractivity contribution in [3.63, 3.8) is 0 Å². The first kappa shape index (κ1) is 18.3. The molecule has 132 valence electrons. The second kappa shape index (κ2) is 8.68. The van der Waals surface area contributed by atoms with Gasteiger partial charge in [0.1, 0.15) is 0 Å².